The zero-order chi connectivity index (χ0) is 16.1. The third-order valence-electron chi connectivity index (χ3n) is 3.85. The molecular weight excluding hydrogens is 299 g/mol. The minimum absolute atomic E-state index is 0.616. The van der Waals surface area contributed by atoms with Gasteiger partial charge in [0.05, 0.1) is 11.3 Å². The molecule has 0 N–H and O–H groups in total. The molecule has 0 atom stereocenters. The molecule has 0 aliphatic heterocycles. The molecule has 0 aliphatic carbocycles. The molecule has 3 rings (SSSR count). The van der Waals surface area contributed by atoms with E-state index in [9.17, 15) is 5.26 Å². The predicted octanol–water partition coefficient (Wildman–Crippen LogP) is 4.67. The van der Waals surface area contributed by atoms with Crippen molar-refractivity contribution < 1.29 is 0 Å². The minimum atomic E-state index is -1.96. The van der Waals surface area contributed by atoms with Crippen molar-refractivity contribution in [3.63, 3.8) is 0 Å². The Hall–Kier alpha value is -2.62. The van der Waals surface area contributed by atoms with E-state index in [0.29, 0.717) is 5.56 Å². The van der Waals surface area contributed by atoms with E-state index >= 15 is 0 Å². The van der Waals surface area contributed by atoms with Crippen LogP contribution in [-0.4, -0.2) is 6.66 Å². The second-order valence-electron chi connectivity index (χ2n) is 5.36. The molecule has 0 fully saturated rings. The topological polar surface area (TPSA) is 36.1 Å². The molecule has 112 valence electrons. The lowest BCUT2D eigenvalue weighted by molar-refractivity contribution is 1.45. The van der Waals surface area contributed by atoms with E-state index in [4.69, 9.17) is 4.74 Å². The van der Waals surface area contributed by atoms with Crippen molar-refractivity contribution in [3.05, 3.63) is 90.5 Å². The number of nitrogens with zero attached hydrogens (tertiary/aromatic N) is 2. The Morgan fingerprint density at radius 2 is 1.22 bits per heavy atom. The molecule has 3 aromatic rings. The predicted molar refractivity (Wildman–Crippen MR) is 98.2 cm³/mol. The Morgan fingerprint density at radius 3 is 1.74 bits per heavy atom. The Morgan fingerprint density at radius 1 is 0.739 bits per heavy atom. The molecule has 0 aromatic heterocycles. The summed E-state index contributed by atoms with van der Waals surface area (Å²) in [6.45, 7) is 2.20. The molecule has 0 radical (unpaired) electrons. The lowest BCUT2D eigenvalue weighted by Gasteiger charge is -2.21. The number of hydrogen-bond donors (Lipinski definition) is 0. The van der Waals surface area contributed by atoms with E-state index in [1.54, 1.807) is 0 Å². The fourth-order valence-electron chi connectivity index (χ4n) is 2.57. The van der Waals surface area contributed by atoms with E-state index in [0.717, 1.165) is 5.69 Å². The Labute approximate surface area is 137 Å². The average molecular weight is 316 g/mol. The van der Waals surface area contributed by atoms with Crippen LogP contribution in [0.1, 0.15) is 5.56 Å². The zero-order valence-corrected chi connectivity index (χ0v) is 13.8. The van der Waals surface area contributed by atoms with Crippen LogP contribution in [0.15, 0.2) is 89.7 Å². The van der Waals surface area contributed by atoms with Crippen LogP contribution >= 0.6 is 7.05 Å². The van der Waals surface area contributed by atoms with Crippen molar-refractivity contribution in [1.82, 2.24) is 0 Å². The van der Waals surface area contributed by atoms with Gasteiger partial charge in [0.1, 0.15) is 6.07 Å². The Kier molecular flexibility index (Phi) is 4.42. The summed E-state index contributed by atoms with van der Waals surface area (Å²) in [6, 6.07) is 30.5. The van der Waals surface area contributed by atoms with Crippen LogP contribution < -0.4 is 10.6 Å². The molecule has 0 aliphatic rings. The highest BCUT2D eigenvalue weighted by atomic mass is 31.2. The lowest BCUT2D eigenvalue weighted by atomic mass is 10.2. The van der Waals surface area contributed by atoms with E-state index in [2.05, 4.69) is 37.0 Å². The molecule has 0 saturated heterocycles. The molecule has 3 aromatic carbocycles. The van der Waals surface area contributed by atoms with E-state index in [-0.39, 0.29) is 0 Å². The van der Waals surface area contributed by atoms with E-state index in [1.807, 2.05) is 60.7 Å². The zero-order valence-electron chi connectivity index (χ0n) is 12.9. The van der Waals surface area contributed by atoms with Gasteiger partial charge in [0.25, 0.3) is 0 Å². The standard InChI is InChI=1S/C20H17N2P/c1-23(18-11-4-2-5-12-18,19-13-6-3-7-14-19)22-20-15-9-8-10-17(20)16-21/h2-15H,1H3. The normalized spacial score (nSPS) is 10.8. The summed E-state index contributed by atoms with van der Waals surface area (Å²) in [4.78, 5) is 0. The number of rotatable bonds is 3. The molecule has 3 heteroatoms. The smallest absolute Gasteiger partial charge is 0.101 e. The second-order valence-corrected chi connectivity index (χ2v) is 8.51. The fraction of sp³-hybridized carbons (Fsp3) is 0.0500. The van der Waals surface area contributed by atoms with Crippen LogP contribution in [0.4, 0.5) is 5.69 Å². The lowest BCUT2D eigenvalue weighted by Crippen LogP contribution is -2.14. The average Bonchev–Trinajstić information content (AvgIpc) is 2.63. The molecule has 0 bridgehead atoms. The van der Waals surface area contributed by atoms with Crippen molar-refractivity contribution in [3.8, 4) is 6.07 Å². The maximum Gasteiger partial charge on any atom is 0.101 e. The summed E-state index contributed by atoms with van der Waals surface area (Å²) >= 11 is 0. The van der Waals surface area contributed by atoms with Gasteiger partial charge in [-0.05, 0) is 29.4 Å². The van der Waals surface area contributed by atoms with Gasteiger partial charge in [-0.1, -0.05) is 72.8 Å². The second kappa shape index (κ2) is 6.65. The van der Waals surface area contributed by atoms with Gasteiger partial charge in [0.15, 0.2) is 0 Å². The summed E-state index contributed by atoms with van der Waals surface area (Å²) in [5.41, 5.74) is 1.38. The number of nitriles is 1. The first kappa shape index (κ1) is 15.3. The van der Waals surface area contributed by atoms with Crippen molar-refractivity contribution in [2.24, 2.45) is 4.74 Å². The van der Waals surface area contributed by atoms with Gasteiger partial charge in [0.2, 0.25) is 0 Å². The van der Waals surface area contributed by atoms with Crippen LogP contribution in [0.3, 0.4) is 0 Å². The third-order valence-corrected chi connectivity index (χ3v) is 7.07. The largest absolute Gasteiger partial charge is 0.257 e. The fourth-order valence-corrected chi connectivity index (χ4v) is 5.21. The van der Waals surface area contributed by atoms with Crippen LogP contribution in [0, 0.1) is 11.3 Å². The van der Waals surface area contributed by atoms with Crippen molar-refractivity contribution >= 4 is 23.4 Å². The maximum absolute atomic E-state index is 9.36. The third kappa shape index (κ3) is 3.11. The van der Waals surface area contributed by atoms with E-state index in [1.165, 1.54) is 10.6 Å². The van der Waals surface area contributed by atoms with Gasteiger partial charge in [-0.3, -0.25) is 4.74 Å². The van der Waals surface area contributed by atoms with Crippen LogP contribution in [-0.2, 0) is 0 Å². The molecular formula is C20H17N2P. The van der Waals surface area contributed by atoms with Crippen LogP contribution in [0.2, 0.25) is 0 Å². The summed E-state index contributed by atoms with van der Waals surface area (Å²) in [5, 5.41) is 11.8. The van der Waals surface area contributed by atoms with Gasteiger partial charge in [0, 0.05) is 7.05 Å². The quantitative estimate of drug-likeness (QED) is 0.647. The maximum atomic E-state index is 9.36. The van der Waals surface area contributed by atoms with Gasteiger partial charge < -0.3 is 0 Å². The number of benzene rings is 3. The van der Waals surface area contributed by atoms with Gasteiger partial charge in [-0.15, -0.1) is 0 Å². The SMILES string of the molecule is CP(=Nc1ccccc1C#N)(c1ccccc1)c1ccccc1. The first-order valence-electron chi connectivity index (χ1n) is 7.44. The highest BCUT2D eigenvalue weighted by Crippen LogP contribution is 2.46. The van der Waals surface area contributed by atoms with Crippen LogP contribution in [0.25, 0.3) is 0 Å². The van der Waals surface area contributed by atoms with Gasteiger partial charge in [-0.2, -0.15) is 5.26 Å². The molecule has 0 spiro atoms. The van der Waals surface area contributed by atoms with Gasteiger partial charge >= 0.3 is 0 Å². The molecule has 0 unspecified atom stereocenters. The molecule has 23 heavy (non-hydrogen) atoms. The van der Waals surface area contributed by atoms with Crippen molar-refractivity contribution in [2.45, 2.75) is 0 Å². The van der Waals surface area contributed by atoms with Gasteiger partial charge in [-0.25, -0.2) is 0 Å². The first-order chi connectivity index (χ1) is 11.2. The molecule has 2 nitrogen and oxygen atoms in total. The summed E-state index contributed by atoms with van der Waals surface area (Å²) in [7, 11) is -1.96. The van der Waals surface area contributed by atoms with Crippen LogP contribution in [0.5, 0.6) is 0 Å². The minimum Gasteiger partial charge on any atom is -0.257 e. The monoisotopic (exact) mass is 316 g/mol. The molecule has 0 amide bonds. The summed E-state index contributed by atoms with van der Waals surface area (Å²) in [5.74, 6) is 0. The van der Waals surface area contributed by atoms with Crippen molar-refractivity contribution in [2.75, 3.05) is 6.66 Å². The van der Waals surface area contributed by atoms with E-state index < -0.39 is 7.05 Å². The Bertz CT molecular complexity index is 850. The highest BCUT2D eigenvalue weighted by Gasteiger charge is 2.19. The summed E-state index contributed by atoms with van der Waals surface area (Å²) in [6.07, 6.45) is 0. The molecule has 0 saturated carbocycles. The highest BCUT2D eigenvalue weighted by molar-refractivity contribution is 7.80. The number of hydrogen-bond acceptors (Lipinski definition) is 2. The first-order valence-corrected chi connectivity index (χ1v) is 9.63. The Balaban J connectivity index is 2.30. The summed E-state index contributed by atoms with van der Waals surface area (Å²) < 4.78 is 5.09. The van der Waals surface area contributed by atoms with Crippen molar-refractivity contribution in [1.29, 1.82) is 5.26 Å². The molecule has 0 heterocycles.